The molecule has 3 amide bonds. The first-order valence-electron chi connectivity index (χ1n) is 8.78. The Balaban J connectivity index is 2.02. The number of pyridine rings is 1. The van der Waals surface area contributed by atoms with E-state index in [1.165, 1.54) is 4.90 Å². The summed E-state index contributed by atoms with van der Waals surface area (Å²) in [7, 11) is 0. The number of rotatable bonds is 4. The zero-order chi connectivity index (χ0) is 19.7. The molecule has 4 N–H and O–H groups in total. The van der Waals surface area contributed by atoms with E-state index in [0.717, 1.165) is 17.7 Å². The highest BCUT2D eigenvalue weighted by Crippen LogP contribution is 2.26. The number of primary amides is 2. The molecule has 0 unspecified atom stereocenters. The second-order valence-electron chi connectivity index (χ2n) is 6.79. The normalized spacial score (nSPS) is 16.4. The number of carbonyl (C=O) groups is 3. The number of aryl methyl sites for hydroxylation is 2. The summed E-state index contributed by atoms with van der Waals surface area (Å²) in [5.74, 6) is -1.34. The van der Waals surface area contributed by atoms with E-state index in [2.05, 4.69) is 4.98 Å². The van der Waals surface area contributed by atoms with Crippen molar-refractivity contribution in [2.24, 2.45) is 11.5 Å². The van der Waals surface area contributed by atoms with E-state index >= 15 is 0 Å². The molecule has 0 aliphatic carbocycles. The first-order valence-corrected chi connectivity index (χ1v) is 8.78. The summed E-state index contributed by atoms with van der Waals surface area (Å²) in [5.41, 5.74) is 14.3. The molecule has 3 rings (SSSR count). The third-order valence-electron chi connectivity index (χ3n) is 4.96. The van der Waals surface area contributed by atoms with Gasteiger partial charge in [-0.15, -0.1) is 0 Å². The lowest BCUT2D eigenvalue weighted by molar-refractivity contribution is -0.121. The van der Waals surface area contributed by atoms with Crippen LogP contribution in [0.2, 0.25) is 0 Å². The molecule has 27 heavy (non-hydrogen) atoms. The highest BCUT2D eigenvalue weighted by molar-refractivity contribution is 6.01. The van der Waals surface area contributed by atoms with Gasteiger partial charge >= 0.3 is 0 Å². The molecule has 0 saturated carbocycles. The summed E-state index contributed by atoms with van der Waals surface area (Å²) < 4.78 is 0. The molecule has 1 fully saturated rings. The number of carbonyl (C=O) groups excluding carboxylic acids is 3. The van der Waals surface area contributed by atoms with Gasteiger partial charge < -0.3 is 16.4 Å². The van der Waals surface area contributed by atoms with Gasteiger partial charge in [0.25, 0.3) is 11.8 Å². The molecule has 0 bridgehead atoms. The molecule has 0 spiro atoms. The van der Waals surface area contributed by atoms with Crippen molar-refractivity contribution in [3.05, 3.63) is 52.7 Å². The molecule has 7 heteroatoms. The third kappa shape index (κ3) is 3.53. The van der Waals surface area contributed by atoms with Gasteiger partial charge in [-0.3, -0.25) is 19.4 Å². The zero-order valence-corrected chi connectivity index (χ0v) is 15.4. The summed E-state index contributed by atoms with van der Waals surface area (Å²) in [6, 6.07) is 7.96. The van der Waals surface area contributed by atoms with E-state index in [9.17, 15) is 14.4 Å². The fourth-order valence-corrected chi connectivity index (χ4v) is 3.38. The van der Waals surface area contributed by atoms with Crippen LogP contribution in [0.3, 0.4) is 0 Å². The minimum Gasteiger partial charge on any atom is -0.368 e. The molecule has 1 aromatic carbocycles. The van der Waals surface area contributed by atoms with Crippen LogP contribution in [-0.4, -0.2) is 40.2 Å². The molecule has 2 aromatic rings. The van der Waals surface area contributed by atoms with Crippen LogP contribution in [0.1, 0.15) is 44.8 Å². The lowest BCUT2D eigenvalue weighted by atomic mass is 10.00. The van der Waals surface area contributed by atoms with Gasteiger partial charge in [0.05, 0.1) is 11.3 Å². The number of nitrogens with zero attached hydrogens (tertiary/aromatic N) is 2. The van der Waals surface area contributed by atoms with Gasteiger partial charge in [0.1, 0.15) is 6.04 Å². The third-order valence-corrected chi connectivity index (χ3v) is 4.96. The monoisotopic (exact) mass is 366 g/mol. The van der Waals surface area contributed by atoms with Crippen molar-refractivity contribution in [2.75, 3.05) is 6.54 Å². The van der Waals surface area contributed by atoms with Crippen LogP contribution in [0.4, 0.5) is 0 Å². The lowest BCUT2D eigenvalue weighted by Crippen LogP contribution is -2.43. The van der Waals surface area contributed by atoms with Crippen molar-refractivity contribution in [1.82, 2.24) is 9.88 Å². The fraction of sp³-hybridized carbons (Fsp3) is 0.300. The molecule has 1 aliphatic heterocycles. The van der Waals surface area contributed by atoms with Crippen LogP contribution < -0.4 is 11.5 Å². The van der Waals surface area contributed by atoms with Gasteiger partial charge in [0, 0.05) is 23.4 Å². The first kappa shape index (κ1) is 18.6. The van der Waals surface area contributed by atoms with Gasteiger partial charge in [-0.2, -0.15) is 0 Å². The Bertz CT molecular complexity index is 939. The maximum atomic E-state index is 12.9. The van der Waals surface area contributed by atoms with Crippen LogP contribution in [-0.2, 0) is 4.79 Å². The first-order chi connectivity index (χ1) is 12.8. The molecule has 1 atom stereocenters. The van der Waals surface area contributed by atoms with Crippen molar-refractivity contribution in [3.8, 4) is 11.3 Å². The van der Waals surface area contributed by atoms with Crippen LogP contribution in [0.5, 0.6) is 0 Å². The molecule has 2 heterocycles. The summed E-state index contributed by atoms with van der Waals surface area (Å²) in [6.07, 6.45) is 1.31. The maximum absolute atomic E-state index is 12.9. The number of likely N-dealkylation sites (tertiary alicyclic amines) is 1. The molecule has 1 saturated heterocycles. The van der Waals surface area contributed by atoms with E-state index < -0.39 is 17.9 Å². The number of hydrogen-bond acceptors (Lipinski definition) is 4. The van der Waals surface area contributed by atoms with E-state index in [1.807, 2.05) is 13.8 Å². The topological polar surface area (TPSA) is 119 Å². The minimum atomic E-state index is -0.581. The van der Waals surface area contributed by atoms with E-state index in [4.69, 9.17) is 11.5 Å². The van der Waals surface area contributed by atoms with E-state index in [-0.39, 0.29) is 5.91 Å². The second kappa shape index (κ2) is 7.19. The van der Waals surface area contributed by atoms with Gasteiger partial charge in [-0.05, 0) is 50.5 Å². The largest absolute Gasteiger partial charge is 0.368 e. The number of amides is 3. The minimum absolute atomic E-state index is 0.261. The summed E-state index contributed by atoms with van der Waals surface area (Å²) in [6.45, 7) is 4.20. The second-order valence-corrected chi connectivity index (χ2v) is 6.79. The Morgan fingerprint density at radius 2 is 1.89 bits per heavy atom. The Labute approximate surface area is 157 Å². The lowest BCUT2D eigenvalue weighted by Gasteiger charge is -2.22. The average Bonchev–Trinajstić information content (AvgIpc) is 3.13. The number of aromatic nitrogens is 1. The number of nitrogens with two attached hydrogens (primary N) is 2. The molecule has 1 aliphatic rings. The van der Waals surface area contributed by atoms with Crippen LogP contribution >= 0.6 is 0 Å². The predicted molar refractivity (Wildman–Crippen MR) is 101 cm³/mol. The van der Waals surface area contributed by atoms with Crippen LogP contribution in [0.15, 0.2) is 30.3 Å². The Hall–Kier alpha value is -3.22. The average molecular weight is 366 g/mol. The molecule has 7 nitrogen and oxygen atoms in total. The summed E-state index contributed by atoms with van der Waals surface area (Å²) in [5, 5.41) is 0. The maximum Gasteiger partial charge on any atom is 0.254 e. The zero-order valence-electron chi connectivity index (χ0n) is 15.4. The molecule has 140 valence electrons. The van der Waals surface area contributed by atoms with Crippen molar-refractivity contribution >= 4 is 17.7 Å². The molecular weight excluding hydrogens is 344 g/mol. The van der Waals surface area contributed by atoms with Gasteiger partial charge in [-0.25, -0.2) is 0 Å². The Morgan fingerprint density at radius 3 is 2.56 bits per heavy atom. The molecule has 1 aromatic heterocycles. The number of benzene rings is 1. The van der Waals surface area contributed by atoms with Crippen molar-refractivity contribution in [2.45, 2.75) is 32.7 Å². The van der Waals surface area contributed by atoms with Crippen molar-refractivity contribution < 1.29 is 14.4 Å². The highest BCUT2D eigenvalue weighted by atomic mass is 16.2. The standard InChI is InChI=1S/C20H22N4O3/c1-11-9-15(18(21)25)17(23-12(11)2)13-5-3-6-14(10-13)20(27)24-8-4-7-16(24)19(22)26/h3,5-6,9-10,16H,4,7-8H2,1-2H3,(H2,21,25)(H2,22,26)/t16-/m0/s1. The van der Waals surface area contributed by atoms with Gasteiger partial charge in [-0.1, -0.05) is 12.1 Å². The quantitative estimate of drug-likeness (QED) is 0.853. The van der Waals surface area contributed by atoms with E-state index in [0.29, 0.717) is 35.3 Å². The predicted octanol–water partition coefficient (Wildman–Crippen LogP) is 1.55. The molecule has 0 radical (unpaired) electrons. The van der Waals surface area contributed by atoms with Gasteiger partial charge in [0.15, 0.2) is 0 Å². The van der Waals surface area contributed by atoms with Crippen molar-refractivity contribution in [1.29, 1.82) is 0 Å². The summed E-state index contributed by atoms with van der Waals surface area (Å²) in [4.78, 5) is 42.4. The number of hydrogen-bond donors (Lipinski definition) is 2. The van der Waals surface area contributed by atoms with Crippen LogP contribution in [0.25, 0.3) is 11.3 Å². The smallest absolute Gasteiger partial charge is 0.254 e. The highest BCUT2D eigenvalue weighted by Gasteiger charge is 2.33. The molecular formula is C20H22N4O3. The van der Waals surface area contributed by atoms with E-state index in [1.54, 1.807) is 30.3 Å². The van der Waals surface area contributed by atoms with Gasteiger partial charge in [0.2, 0.25) is 5.91 Å². The Kier molecular flexibility index (Phi) is 4.94. The van der Waals surface area contributed by atoms with Crippen molar-refractivity contribution in [3.63, 3.8) is 0 Å². The fourth-order valence-electron chi connectivity index (χ4n) is 3.38. The SMILES string of the molecule is Cc1cc(C(N)=O)c(-c2cccc(C(=O)N3CCC[C@H]3C(N)=O)c2)nc1C. The summed E-state index contributed by atoms with van der Waals surface area (Å²) >= 11 is 0. The Morgan fingerprint density at radius 1 is 1.15 bits per heavy atom. The van der Waals surface area contributed by atoms with Crippen LogP contribution in [0, 0.1) is 13.8 Å².